The summed E-state index contributed by atoms with van der Waals surface area (Å²) in [6.07, 6.45) is -0.193. The molecule has 4 rings (SSSR count). The highest BCUT2D eigenvalue weighted by molar-refractivity contribution is 6.37. The summed E-state index contributed by atoms with van der Waals surface area (Å²) in [5.74, 6) is -7.04. The molecule has 2 aromatic carbocycles. The zero-order valence-electron chi connectivity index (χ0n) is 15.6. The van der Waals surface area contributed by atoms with E-state index in [1.54, 1.807) is 6.92 Å². The van der Waals surface area contributed by atoms with Crippen molar-refractivity contribution in [3.05, 3.63) is 45.2 Å². The lowest BCUT2D eigenvalue weighted by atomic mass is 9.61. The Balaban J connectivity index is 2.12. The predicted octanol–water partition coefficient (Wildman–Crippen LogP) is 0.506. The SMILES string of the molecule is Cc1c2c(c(O)c3c(O)ccc(Cl)c13)C(=O)C1(O)C(O)=C(C(N)=O)C(=O)C(N)C1C2. The molecular formula is C20H17ClN2O7. The van der Waals surface area contributed by atoms with Gasteiger partial charge in [0.25, 0.3) is 5.91 Å². The second kappa shape index (κ2) is 6.18. The van der Waals surface area contributed by atoms with Crippen LogP contribution in [0.1, 0.15) is 21.5 Å². The van der Waals surface area contributed by atoms with Crippen LogP contribution in [0.15, 0.2) is 23.5 Å². The number of carbonyl (C=O) groups excluding carboxylic acids is 3. The number of halogens is 1. The van der Waals surface area contributed by atoms with E-state index in [0.29, 0.717) is 10.9 Å². The molecule has 0 saturated heterocycles. The molecule has 10 heteroatoms. The van der Waals surface area contributed by atoms with Crippen LogP contribution in [0, 0.1) is 12.8 Å². The number of ketones is 2. The van der Waals surface area contributed by atoms with Crippen LogP contribution >= 0.6 is 11.6 Å². The Morgan fingerprint density at radius 2 is 1.83 bits per heavy atom. The van der Waals surface area contributed by atoms with Crippen molar-refractivity contribution in [3.63, 3.8) is 0 Å². The van der Waals surface area contributed by atoms with Gasteiger partial charge in [0.1, 0.15) is 22.8 Å². The molecule has 0 spiro atoms. The minimum atomic E-state index is -2.75. The molecule has 0 aromatic heterocycles. The van der Waals surface area contributed by atoms with E-state index in [9.17, 15) is 34.8 Å². The number of Topliss-reactive ketones (excluding diaryl/α,β-unsaturated/α-hetero) is 2. The van der Waals surface area contributed by atoms with Gasteiger partial charge in [-0.25, -0.2) is 0 Å². The number of phenols is 2. The molecule has 0 bridgehead atoms. The molecule has 0 aliphatic heterocycles. The van der Waals surface area contributed by atoms with E-state index in [4.69, 9.17) is 23.1 Å². The molecule has 2 aliphatic rings. The molecule has 1 amide bonds. The van der Waals surface area contributed by atoms with Crippen molar-refractivity contribution in [1.82, 2.24) is 0 Å². The van der Waals surface area contributed by atoms with E-state index >= 15 is 0 Å². The molecule has 8 N–H and O–H groups in total. The first-order chi connectivity index (χ1) is 13.9. The van der Waals surface area contributed by atoms with E-state index < -0.39 is 52.1 Å². The summed E-state index contributed by atoms with van der Waals surface area (Å²) in [5.41, 5.74) is 7.69. The Hall–Kier alpha value is -3.14. The molecule has 0 fully saturated rings. The molecule has 2 aromatic rings. The van der Waals surface area contributed by atoms with Gasteiger partial charge in [-0.05, 0) is 36.6 Å². The quantitative estimate of drug-likeness (QED) is 0.352. The first kappa shape index (κ1) is 20.1. The maximum absolute atomic E-state index is 13.4. The fraction of sp³-hybridized carbons (Fsp3) is 0.250. The third kappa shape index (κ3) is 2.22. The first-order valence-electron chi connectivity index (χ1n) is 8.90. The van der Waals surface area contributed by atoms with Crippen LogP contribution in [0.3, 0.4) is 0 Å². The predicted molar refractivity (Wildman–Crippen MR) is 105 cm³/mol. The van der Waals surface area contributed by atoms with Crippen LogP contribution in [-0.2, 0) is 16.0 Å². The Kier molecular flexibility index (Phi) is 4.15. The highest BCUT2D eigenvalue weighted by Gasteiger charge is 2.61. The van der Waals surface area contributed by atoms with Crippen molar-refractivity contribution in [2.75, 3.05) is 0 Å². The number of primary amides is 1. The topological polar surface area (TPSA) is 184 Å². The molecule has 3 atom stereocenters. The summed E-state index contributed by atoms with van der Waals surface area (Å²) in [5, 5.41) is 43.2. The Morgan fingerprint density at radius 1 is 1.20 bits per heavy atom. The average Bonchev–Trinajstić information content (AvgIpc) is 2.67. The summed E-state index contributed by atoms with van der Waals surface area (Å²) < 4.78 is 0. The van der Waals surface area contributed by atoms with Crippen LogP contribution in [0.4, 0.5) is 0 Å². The number of aliphatic hydroxyl groups is 2. The van der Waals surface area contributed by atoms with Crippen molar-refractivity contribution in [2.45, 2.75) is 25.0 Å². The normalized spacial score (nSPS) is 26.0. The number of nitrogens with two attached hydrogens (primary N) is 2. The van der Waals surface area contributed by atoms with Gasteiger partial charge in [-0.3, -0.25) is 14.4 Å². The third-order valence-corrected chi connectivity index (χ3v) is 6.41. The van der Waals surface area contributed by atoms with E-state index in [-0.39, 0.29) is 33.7 Å². The molecule has 2 aliphatic carbocycles. The average molecular weight is 433 g/mol. The standard InChI is InChI=1S/C20H17ClN2O7/c1-5-6-4-7-14(22)16(26)13(19(23)29)18(28)20(7,30)17(27)11(6)15(25)12-9(24)3-2-8(21)10(5)12/h2-3,7,14,24-25,28,30H,4,22H2,1H3,(H2,23,29). The number of benzene rings is 2. The number of fused-ring (bicyclic) bond motifs is 3. The van der Waals surface area contributed by atoms with Gasteiger partial charge in [0, 0.05) is 16.3 Å². The van der Waals surface area contributed by atoms with Crippen molar-refractivity contribution in [3.8, 4) is 11.5 Å². The molecule has 156 valence electrons. The minimum Gasteiger partial charge on any atom is -0.508 e. The van der Waals surface area contributed by atoms with E-state index in [0.717, 1.165) is 0 Å². The van der Waals surface area contributed by atoms with Crippen molar-refractivity contribution in [1.29, 1.82) is 0 Å². The second-order valence-corrected chi connectivity index (χ2v) is 7.93. The lowest BCUT2D eigenvalue weighted by Gasteiger charge is -2.44. The van der Waals surface area contributed by atoms with Crippen LogP contribution in [-0.4, -0.2) is 49.5 Å². The summed E-state index contributed by atoms with van der Waals surface area (Å²) in [6.45, 7) is 1.60. The van der Waals surface area contributed by atoms with Crippen LogP contribution in [0.25, 0.3) is 10.8 Å². The summed E-state index contributed by atoms with van der Waals surface area (Å²) in [4.78, 5) is 37.5. The smallest absolute Gasteiger partial charge is 0.255 e. The maximum atomic E-state index is 13.4. The van der Waals surface area contributed by atoms with Crippen molar-refractivity contribution >= 4 is 39.8 Å². The van der Waals surface area contributed by atoms with E-state index in [1.165, 1.54) is 12.1 Å². The number of aryl methyl sites for hydroxylation is 1. The van der Waals surface area contributed by atoms with Crippen LogP contribution in [0.2, 0.25) is 5.02 Å². The maximum Gasteiger partial charge on any atom is 0.255 e. The highest BCUT2D eigenvalue weighted by Crippen LogP contribution is 2.50. The molecule has 9 nitrogen and oxygen atoms in total. The van der Waals surface area contributed by atoms with Crippen molar-refractivity contribution < 1.29 is 34.8 Å². The van der Waals surface area contributed by atoms with Gasteiger partial charge in [-0.15, -0.1) is 0 Å². The minimum absolute atomic E-state index is 0.107. The van der Waals surface area contributed by atoms with Crippen LogP contribution in [0.5, 0.6) is 11.5 Å². The number of amides is 1. The summed E-state index contributed by atoms with van der Waals surface area (Å²) in [6, 6.07) is 1.14. The molecule has 0 saturated carbocycles. The van der Waals surface area contributed by atoms with Gasteiger partial charge in [-0.2, -0.15) is 0 Å². The third-order valence-electron chi connectivity index (χ3n) is 6.10. The number of rotatable bonds is 1. The zero-order chi connectivity index (χ0) is 22.3. The Labute approximate surface area is 174 Å². The van der Waals surface area contributed by atoms with E-state index in [1.807, 2.05) is 0 Å². The number of hydrogen-bond acceptors (Lipinski definition) is 8. The van der Waals surface area contributed by atoms with Gasteiger partial charge in [0.15, 0.2) is 11.4 Å². The van der Waals surface area contributed by atoms with Gasteiger partial charge >= 0.3 is 0 Å². The second-order valence-electron chi connectivity index (χ2n) is 7.53. The number of phenolic OH excluding ortho intramolecular Hbond substituents is 2. The largest absolute Gasteiger partial charge is 0.508 e. The van der Waals surface area contributed by atoms with Crippen LogP contribution < -0.4 is 11.5 Å². The van der Waals surface area contributed by atoms with Gasteiger partial charge in [0.2, 0.25) is 5.78 Å². The first-order valence-corrected chi connectivity index (χ1v) is 9.28. The molecule has 0 radical (unpaired) electrons. The van der Waals surface area contributed by atoms with Gasteiger partial charge in [-0.1, -0.05) is 11.6 Å². The highest BCUT2D eigenvalue weighted by atomic mass is 35.5. The molecule has 0 heterocycles. The van der Waals surface area contributed by atoms with Crippen molar-refractivity contribution in [2.24, 2.45) is 17.4 Å². The molecule has 30 heavy (non-hydrogen) atoms. The number of hydrogen-bond donors (Lipinski definition) is 6. The fourth-order valence-corrected chi connectivity index (χ4v) is 4.87. The molecule has 3 unspecified atom stereocenters. The lowest BCUT2D eigenvalue weighted by Crippen LogP contribution is -2.64. The zero-order valence-corrected chi connectivity index (χ0v) is 16.3. The molecular weight excluding hydrogens is 416 g/mol. The Bertz CT molecular complexity index is 1240. The monoisotopic (exact) mass is 432 g/mol. The van der Waals surface area contributed by atoms with Gasteiger partial charge in [0.05, 0.1) is 17.0 Å². The van der Waals surface area contributed by atoms with E-state index in [2.05, 4.69) is 0 Å². The number of aliphatic hydroxyl groups excluding tert-OH is 1. The lowest BCUT2D eigenvalue weighted by molar-refractivity contribution is -0.127. The summed E-state index contributed by atoms with van der Waals surface area (Å²) in [7, 11) is 0. The fourth-order valence-electron chi connectivity index (χ4n) is 4.57. The summed E-state index contributed by atoms with van der Waals surface area (Å²) >= 11 is 6.24. The number of aromatic hydroxyl groups is 2. The number of carbonyl (C=O) groups is 3. The Morgan fingerprint density at radius 3 is 2.43 bits per heavy atom. The van der Waals surface area contributed by atoms with Gasteiger partial charge < -0.3 is 31.9 Å².